The van der Waals surface area contributed by atoms with Crippen molar-refractivity contribution in [1.82, 2.24) is 9.97 Å². The molecule has 0 radical (unpaired) electrons. The van der Waals surface area contributed by atoms with E-state index in [1.807, 2.05) is 25.1 Å². The van der Waals surface area contributed by atoms with E-state index in [0.717, 1.165) is 30.6 Å². The van der Waals surface area contributed by atoms with Gasteiger partial charge in [-0.05, 0) is 55.5 Å². The van der Waals surface area contributed by atoms with Crippen molar-refractivity contribution < 1.29 is 14.3 Å². The van der Waals surface area contributed by atoms with E-state index in [9.17, 15) is 4.79 Å². The molecular formula is C21H26N4O3. The van der Waals surface area contributed by atoms with Crippen LogP contribution in [-0.4, -0.2) is 48.8 Å². The quantitative estimate of drug-likeness (QED) is 0.757. The number of anilines is 2. The molecule has 2 aromatic rings. The van der Waals surface area contributed by atoms with Gasteiger partial charge in [0, 0.05) is 37.9 Å². The number of benzene rings is 1. The Morgan fingerprint density at radius 2 is 2.25 bits per heavy atom. The van der Waals surface area contributed by atoms with Crippen molar-refractivity contribution in [2.45, 2.75) is 32.2 Å². The number of carbonyl (C=O) groups excluding carboxylic acids is 1. The molecule has 1 aliphatic carbocycles. The Hall–Kier alpha value is -2.67. The van der Waals surface area contributed by atoms with Crippen LogP contribution in [0.5, 0.6) is 5.75 Å². The third-order valence-corrected chi connectivity index (χ3v) is 5.03. The van der Waals surface area contributed by atoms with Crippen LogP contribution in [0.2, 0.25) is 0 Å². The largest absolute Gasteiger partial charge is 0.493 e. The van der Waals surface area contributed by atoms with Gasteiger partial charge in [-0.1, -0.05) is 0 Å². The number of hydrogen-bond donors (Lipinski definition) is 1. The van der Waals surface area contributed by atoms with Crippen molar-refractivity contribution in [1.29, 1.82) is 0 Å². The summed E-state index contributed by atoms with van der Waals surface area (Å²) in [6.07, 6.45) is 4.84. The SMILES string of the molecule is COC[C@H](C)Nc1nccc(N(CC2CC2)C(=O)c2ccc3c(c2)CCO3)n1. The van der Waals surface area contributed by atoms with Gasteiger partial charge in [0.15, 0.2) is 0 Å². The van der Waals surface area contributed by atoms with Gasteiger partial charge in [-0.25, -0.2) is 4.98 Å². The number of carbonyl (C=O) groups is 1. The number of ether oxygens (including phenoxy) is 2. The average Bonchev–Trinajstić information content (AvgIpc) is 3.39. The van der Waals surface area contributed by atoms with Gasteiger partial charge in [0.05, 0.1) is 13.2 Å². The molecule has 1 aromatic carbocycles. The van der Waals surface area contributed by atoms with Crippen molar-refractivity contribution in [3.05, 3.63) is 41.6 Å². The second-order valence-electron chi connectivity index (χ2n) is 7.52. The minimum Gasteiger partial charge on any atom is -0.493 e. The zero-order valence-electron chi connectivity index (χ0n) is 16.4. The number of aromatic nitrogens is 2. The first kappa shape index (κ1) is 18.7. The molecule has 148 valence electrons. The zero-order valence-corrected chi connectivity index (χ0v) is 16.4. The monoisotopic (exact) mass is 382 g/mol. The summed E-state index contributed by atoms with van der Waals surface area (Å²) >= 11 is 0. The highest BCUT2D eigenvalue weighted by Crippen LogP contribution is 2.32. The highest BCUT2D eigenvalue weighted by Gasteiger charge is 2.30. The van der Waals surface area contributed by atoms with Crippen LogP contribution in [0.3, 0.4) is 0 Å². The van der Waals surface area contributed by atoms with Crippen LogP contribution in [0, 0.1) is 5.92 Å². The van der Waals surface area contributed by atoms with Crippen LogP contribution in [-0.2, 0) is 11.2 Å². The summed E-state index contributed by atoms with van der Waals surface area (Å²) in [6.45, 7) is 3.91. The molecular weight excluding hydrogens is 356 g/mol. The molecule has 2 heterocycles. The van der Waals surface area contributed by atoms with Gasteiger partial charge in [-0.2, -0.15) is 4.98 Å². The van der Waals surface area contributed by atoms with E-state index in [0.29, 0.717) is 43.0 Å². The fourth-order valence-electron chi connectivity index (χ4n) is 3.40. The fraction of sp³-hybridized carbons (Fsp3) is 0.476. The second-order valence-corrected chi connectivity index (χ2v) is 7.52. The van der Waals surface area contributed by atoms with Gasteiger partial charge in [0.25, 0.3) is 5.91 Å². The predicted molar refractivity (Wildman–Crippen MR) is 107 cm³/mol. The molecule has 1 aromatic heterocycles. The van der Waals surface area contributed by atoms with Gasteiger partial charge in [-0.3, -0.25) is 9.69 Å². The summed E-state index contributed by atoms with van der Waals surface area (Å²) in [4.78, 5) is 24.0. The zero-order chi connectivity index (χ0) is 19.5. The number of nitrogens with one attached hydrogen (secondary N) is 1. The van der Waals surface area contributed by atoms with E-state index in [2.05, 4.69) is 15.3 Å². The van der Waals surface area contributed by atoms with Crippen LogP contribution in [0.25, 0.3) is 0 Å². The number of fused-ring (bicyclic) bond motifs is 1. The first-order chi connectivity index (χ1) is 13.6. The lowest BCUT2D eigenvalue weighted by Crippen LogP contribution is -2.34. The van der Waals surface area contributed by atoms with Crippen LogP contribution in [0.15, 0.2) is 30.5 Å². The average molecular weight is 382 g/mol. The Kier molecular flexibility index (Phi) is 5.43. The van der Waals surface area contributed by atoms with Gasteiger partial charge in [0.2, 0.25) is 5.95 Å². The van der Waals surface area contributed by atoms with Gasteiger partial charge >= 0.3 is 0 Å². The molecule has 0 bridgehead atoms. The lowest BCUT2D eigenvalue weighted by atomic mass is 10.1. The van der Waals surface area contributed by atoms with Crippen molar-refractivity contribution in [2.24, 2.45) is 5.92 Å². The van der Waals surface area contributed by atoms with Crippen LogP contribution in [0.4, 0.5) is 11.8 Å². The lowest BCUT2D eigenvalue weighted by molar-refractivity contribution is 0.0985. The number of nitrogens with zero attached hydrogens (tertiary/aromatic N) is 3. The van der Waals surface area contributed by atoms with Crippen LogP contribution in [0.1, 0.15) is 35.7 Å². The molecule has 1 N–H and O–H groups in total. The first-order valence-electron chi connectivity index (χ1n) is 9.80. The number of hydrogen-bond acceptors (Lipinski definition) is 6. The number of amides is 1. The topological polar surface area (TPSA) is 76.6 Å². The summed E-state index contributed by atoms with van der Waals surface area (Å²) in [5.41, 5.74) is 1.77. The first-order valence-corrected chi connectivity index (χ1v) is 9.80. The third-order valence-electron chi connectivity index (χ3n) is 5.03. The Balaban J connectivity index is 1.58. The van der Waals surface area contributed by atoms with Crippen molar-refractivity contribution in [2.75, 3.05) is 37.1 Å². The number of methoxy groups -OCH3 is 1. The van der Waals surface area contributed by atoms with Crippen molar-refractivity contribution in [3.8, 4) is 5.75 Å². The molecule has 1 atom stereocenters. The summed E-state index contributed by atoms with van der Waals surface area (Å²) in [7, 11) is 1.66. The summed E-state index contributed by atoms with van der Waals surface area (Å²) in [5.74, 6) is 2.51. The Bertz CT molecular complexity index is 853. The van der Waals surface area contributed by atoms with Crippen LogP contribution < -0.4 is 15.0 Å². The van der Waals surface area contributed by atoms with Gasteiger partial charge < -0.3 is 14.8 Å². The summed E-state index contributed by atoms with van der Waals surface area (Å²) < 4.78 is 10.7. The molecule has 1 saturated carbocycles. The summed E-state index contributed by atoms with van der Waals surface area (Å²) in [5, 5.41) is 3.22. The highest BCUT2D eigenvalue weighted by atomic mass is 16.5. The van der Waals surface area contributed by atoms with Gasteiger partial charge in [-0.15, -0.1) is 0 Å². The Morgan fingerprint density at radius 3 is 3.04 bits per heavy atom. The molecule has 28 heavy (non-hydrogen) atoms. The van der Waals surface area contributed by atoms with E-state index in [-0.39, 0.29) is 11.9 Å². The molecule has 7 heteroatoms. The van der Waals surface area contributed by atoms with Crippen LogP contribution >= 0.6 is 0 Å². The second kappa shape index (κ2) is 8.14. The molecule has 0 saturated heterocycles. The molecule has 0 unspecified atom stereocenters. The molecule has 0 spiro atoms. The molecule has 4 rings (SSSR count). The summed E-state index contributed by atoms with van der Waals surface area (Å²) in [6, 6.07) is 7.55. The van der Waals surface area contributed by atoms with Crippen molar-refractivity contribution >= 4 is 17.7 Å². The molecule has 1 aliphatic heterocycles. The van der Waals surface area contributed by atoms with E-state index in [1.165, 1.54) is 0 Å². The van der Waals surface area contributed by atoms with Gasteiger partial charge in [0.1, 0.15) is 11.6 Å². The molecule has 2 aliphatic rings. The smallest absolute Gasteiger partial charge is 0.259 e. The highest BCUT2D eigenvalue weighted by molar-refractivity contribution is 6.06. The molecule has 7 nitrogen and oxygen atoms in total. The van der Waals surface area contributed by atoms with E-state index >= 15 is 0 Å². The van der Waals surface area contributed by atoms with E-state index in [1.54, 1.807) is 24.3 Å². The van der Waals surface area contributed by atoms with E-state index < -0.39 is 0 Å². The third kappa shape index (κ3) is 4.25. The normalized spacial score (nSPS) is 16.2. The maximum atomic E-state index is 13.3. The standard InChI is InChI=1S/C21H26N4O3/c1-14(13-27-2)23-21-22-9-7-19(24-21)25(12-15-3-4-15)20(26)17-5-6-18-16(11-17)8-10-28-18/h5-7,9,11,14-15H,3-4,8,10,12-13H2,1-2H3,(H,22,23,24)/t14-/m0/s1. The maximum absolute atomic E-state index is 13.3. The van der Waals surface area contributed by atoms with Crippen molar-refractivity contribution in [3.63, 3.8) is 0 Å². The number of rotatable bonds is 8. The minimum atomic E-state index is -0.0313. The Labute approximate surface area is 165 Å². The lowest BCUT2D eigenvalue weighted by Gasteiger charge is -2.23. The predicted octanol–water partition coefficient (Wildman–Crippen LogP) is 2.92. The minimum absolute atomic E-state index is 0.0313. The maximum Gasteiger partial charge on any atom is 0.259 e. The molecule has 1 amide bonds. The molecule has 1 fully saturated rings. The van der Waals surface area contributed by atoms with E-state index in [4.69, 9.17) is 9.47 Å². The fourth-order valence-corrected chi connectivity index (χ4v) is 3.40. The Morgan fingerprint density at radius 1 is 1.39 bits per heavy atom.